The molecule has 1 aromatic carbocycles. The molecule has 2 rings (SSSR count). The predicted octanol–water partition coefficient (Wildman–Crippen LogP) is 2.84. The maximum absolute atomic E-state index is 12.0. The van der Waals surface area contributed by atoms with Gasteiger partial charge < -0.3 is 10.1 Å². The zero-order valence-electron chi connectivity index (χ0n) is 13.5. The number of halogens is 1. The van der Waals surface area contributed by atoms with Crippen molar-refractivity contribution >= 4 is 29.2 Å². The van der Waals surface area contributed by atoms with Crippen molar-refractivity contribution in [2.75, 3.05) is 11.9 Å². The number of esters is 1. The summed E-state index contributed by atoms with van der Waals surface area (Å²) in [7, 11) is 0. The second kappa shape index (κ2) is 8.44. The van der Waals surface area contributed by atoms with Gasteiger partial charge in [-0.05, 0) is 30.5 Å². The lowest BCUT2D eigenvalue weighted by Gasteiger charge is -2.11. The van der Waals surface area contributed by atoms with Crippen LogP contribution in [0.3, 0.4) is 0 Å². The van der Waals surface area contributed by atoms with E-state index < -0.39 is 5.91 Å². The molecule has 8 heteroatoms. The van der Waals surface area contributed by atoms with Gasteiger partial charge in [-0.25, -0.2) is 9.67 Å². The van der Waals surface area contributed by atoms with Crippen LogP contribution in [-0.2, 0) is 14.3 Å². The summed E-state index contributed by atoms with van der Waals surface area (Å²) in [6.07, 6.45) is 3.92. The smallest absolute Gasteiger partial charge is 0.306 e. The summed E-state index contributed by atoms with van der Waals surface area (Å²) in [4.78, 5) is 27.5. The van der Waals surface area contributed by atoms with Crippen LogP contribution in [0, 0.1) is 5.92 Å². The molecule has 0 unspecified atom stereocenters. The molecule has 24 heavy (non-hydrogen) atoms. The third kappa shape index (κ3) is 5.34. The fourth-order valence-corrected chi connectivity index (χ4v) is 2.12. The average Bonchev–Trinajstić information content (AvgIpc) is 3.05. The SMILES string of the molecule is CC(C)CCC(=O)OCC(=O)Nc1cc(Cl)ccc1-n1cncn1. The van der Waals surface area contributed by atoms with Crippen molar-refractivity contribution in [3.63, 3.8) is 0 Å². The Morgan fingerprint density at radius 3 is 2.83 bits per heavy atom. The Bertz CT molecular complexity index is 701. The molecule has 1 aromatic heterocycles. The zero-order chi connectivity index (χ0) is 17.5. The summed E-state index contributed by atoms with van der Waals surface area (Å²) in [5, 5.41) is 7.16. The highest BCUT2D eigenvalue weighted by Gasteiger charge is 2.12. The number of hydrogen-bond acceptors (Lipinski definition) is 5. The molecule has 128 valence electrons. The van der Waals surface area contributed by atoms with Crippen molar-refractivity contribution in [2.24, 2.45) is 5.92 Å². The molecule has 1 heterocycles. The Balaban J connectivity index is 1.97. The van der Waals surface area contributed by atoms with Crippen LogP contribution in [0.5, 0.6) is 0 Å². The molecule has 0 bridgehead atoms. The first-order valence-electron chi connectivity index (χ1n) is 7.55. The number of hydrogen-bond donors (Lipinski definition) is 1. The molecular formula is C16H19ClN4O3. The number of nitrogens with zero attached hydrogens (tertiary/aromatic N) is 3. The van der Waals surface area contributed by atoms with E-state index in [4.69, 9.17) is 16.3 Å². The fourth-order valence-electron chi connectivity index (χ4n) is 1.95. The van der Waals surface area contributed by atoms with Gasteiger partial charge in [0.15, 0.2) is 6.61 Å². The van der Waals surface area contributed by atoms with Gasteiger partial charge in [-0.1, -0.05) is 25.4 Å². The van der Waals surface area contributed by atoms with Crippen LogP contribution in [0.2, 0.25) is 5.02 Å². The van der Waals surface area contributed by atoms with Crippen molar-refractivity contribution in [3.05, 3.63) is 35.9 Å². The van der Waals surface area contributed by atoms with Gasteiger partial charge in [0, 0.05) is 11.4 Å². The highest BCUT2D eigenvalue weighted by molar-refractivity contribution is 6.31. The Morgan fingerprint density at radius 2 is 2.17 bits per heavy atom. The van der Waals surface area contributed by atoms with Crippen molar-refractivity contribution in [2.45, 2.75) is 26.7 Å². The lowest BCUT2D eigenvalue weighted by molar-refractivity contribution is -0.147. The highest BCUT2D eigenvalue weighted by Crippen LogP contribution is 2.23. The number of ether oxygens (including phenoxy) is 1. The van der Waals surface area contributed by atoms with E-state index in [9.17, 15) is 9.59 Å². The summed E-state index contributed by atoms with van der Waals surface area (Å²) >= 11 is 5.98. The molecule has 0 aliphatic rings. The number of rotatable bonds is 7. The van der Waals surface area contributed by atoms with E-state index in [0.717, 1.165) is 6.42 Å². The number of amides is 1. The Labute approximate surface area is 145 Å². The molecule has 7 nitrogen and oxygen atoms in total. The van der Waals surface area contributed by atoms with Crippen molar-refractivity contribution in [1.29, 1.82) is 0 Å². The predicted molar refractivity (Wildman–Crippen MR) is 90.0 cm³/mol. The van der Waals surface area contributed by atoms with Crippen LogP contribution in [0.15, 0.2) is 30.9 Å². The third-order valence-corrected chi connectivity index (χ3v) is 3.42. The van der Waals surface area contributed by atoms with Gasteiger partial charge in [0.2, 0.25) is 0 Å². The normalized spacial score (nSPS) is 10.7. The molecule has 0 radical (unpaired) electrons. The molecule has 0 aliphatic heterocycles. The lowest BCUT2D eigenvalue weighted by atomic mass is 10.1. The van der Waals surface area contributed by atoms with E-state index in [0.29, 0.717) is 28.7 Å². The standard InChI is InChI=1S/C16H19ClN4O3/c1-11(2)3-6-16(23)24-8-15(22)20-13-7-12(17)4-5-14(13)21-10-18-9-19-21/h4-5,7,9-11H,3,6,8H2,1-2H3,(H,20,22). The molecule has 1 amide bonds. The fraction of sp³-hybridized carbons (Fsp3) is 0.375. The largest absolute Gasteiger partial charge is 0.456 e. The Morgan fingerprint density at radius 1 is 1.38 bits per heavy atom. The number of aromatic nitrogens is 3. The minimum Gasteiger partial charge on any atom is -0.456 e. The average molecular weight is 351 g/mol. The van der Waals surface area contributed by atoms with Crippen LogP contribution in [0.25, 0.3) is 5.69 Å². The number of anilines is 1. The van der Waals surface area contributed by atoms with Crippen LogP contribution < -0.4 is 5.32 Å². The van der Waals surface area contributed by atoms with Gasteiger partial charge >= 0.3 is 5.97 Å². The number of benzene rings is 1. The minimum absolute atomic E-state index is 0.298. The molecule has 0 fully saturated rings. The maximum atomic E-state index is 12.0. The van der Waals surface area contributed by atoms with Gasteiger partial charge in [-0.3, -0.25) is 9.59 Å². The summed E-state index contributed by atoms with van der Waals surface area (Å²) in [6.45, 7) is 3.69. The van der Waals surface area contributed by atoms with Crippen molar-refractivity contribution in [1.82, 2.24) is 14.8 Å². The van der Waals surface area contributed by atoms with E-state index in [-0.39, 0.29) is 12.6 Å². The molecular weight excluding hydrogens is 332 g/mol. The summed E-state index contributed by atoms with van der Waals surface area (Å²) in [5.74, 6) is -0.430. The molecule has 0 aliphatic carbocycles. The summed E-state index contributed by atoms with van der Waals surface area (Å²) in [5.41, 5.74) is 1.06. The minimum atomic E-state index is -0.448. The summed E-state index contributed by atoms with van der Waals surface area (Å²) in [6, 6.07) is 4.98. The highest BCUT2D eigenvalue weighted by atomic mass is 35.5. The van der Waals surface area contributed by atoms with Gasteiger partial charge in [-0.2, -0.15) is 5.10 Å². The second-order valence-corrected chi connectivity index (χ2v) is 6.08. The van der Waals surface area contributed by atoms with Gasteiger partial charge in [-0.15, -0.1) is 0 Å². The van der Waals surface area contributed by atoms with E-state index in [2.05, 4.69) is 15.4 Å². The van der Waals surface area contributed by atoms with Crippen molar-refractivity contribution in [3.8, 4) is 5.69 Å². The molecule has 1 N–H and O–H groups in total. The zero-order valence-corrected chi connectivity index (χ0v) is 14.3. The van der Waals surface area contributed by atoms with E-state index in [1.54, 1.807) is 18.2 Å². The monoisotopic (exact) mass is 350 g/mol. The molecule has 0 saturated carbocycles. The lowest BCUT2D eigenvalue weighted by Crippen LogP contribution is -2.21. The third-order valence-electron chi connectivity index (χ3n) is 3.19. The van der Waals surface area contributed by atoms with E-state index in [1.807, 2.05) is 13.8 Å². The van der Waals surface area contributed by atoms with Gasteiger partial charge in [0.25, 0.3) is 5.91 Å². The first kappa shape index (κ1) is 17.9. The van der Waals surface area contributed by atoms with Gasteiger partial charge in [0.05, 0.1) is 11.4 Å². The number of carbonyl (C=O) groups is 2. The van der Waals surface area contributed by atoms with E-state index >= 15 is 0 Å². The molecule has 2 aromatic rings. The summed E-state index contributed by atoms with van der Waals surface area (Å²) < 4.78 is 6.47. The van der Waals surface area contributed by atoms with Crippen LogP contribution in [0.1, 0.15) is 26.7 Å². The number of carbonyl (C=O) groups excluding carboxylic acids is 2. The molecule has 0 spiro atoms. The molecule has 0 saturated heterocycles. The first-order valence-corrected chi connectivity index (χ1v) is 7.93. The Hall–Kier alpha value is -2.41. The molecule has 0 atom stereocenters. The van der Waals surface area contributed by atoms with Crippen molar-refractivity contribution < 1.29 is 14.3 Å². The maximum Gasteiger partial charge on any atom is 0.306 e. The van der Waals surface area contributed by atoms with Crippen LogP contribution in [0.4, 0.5) is 5.69 Å². The number of nitrogens with one attached hydrogen (secondary N) is 1. The van der Waals surface area contributed by atoms with Crippen LogP contribution in [-0.4, -0.2) is 33.2 Å². The van der Waals surface area contributed by atoms with Crippen LogP contribution >= 0.6 is 11.6 Å². The quantitative estimate of drug-likeness (QED) is 0.776. The topological polar surface area (TPSA) is 86.1 Å². The second-order valence-electron chi connectivity index (χ2n) is 5.64. The van der Waals surface area contributed by atoms with Gasteiger partial charge in [0.1, 0.15) is 12.7 Å². The van der Waals surface area contributed by atoms with E-state index in [1.165, 1.54) is 17.3 Å². The first-order chi connectivity index (χ1) is 11.5. The Kier molecular flexibility index (Phi) is 6.31.